The second-order valence-corrected chi connectivity index (χ2v) is 7.29. The van der Waals surface area contributed by atoms with Gasteiger partial charge < -0.3 is 5.32 Å². The highest BCUT2D eigenvalue weighted by Gasteiger charge is 2.14. The summed E-state index contributed by atoms with van der Waals surface area (Å²) in [6.07, 6.45) is 0.913. The van der Waals surface area contributed by atoms with Gasteiger partial charge in [-0.1, -0.05) is 30.7 Å². The summed E-state index contributed by atoms with van der Waals surface area (Å²) in [4.78, 5) is 0. The van der Waals surface area contributed by atoms with E-state index in [2.05, 4.69) is 58.7 Å². The van der Waals surface area contributed by atoms with Crippen molar-refractivity contribution in [2.75, 3.05) is 6.54 Å². The van der Waals surface area contributed by atoms with E-state index < -0.39 is 0 Å². The van der Waals surface area contributed by atoms with E-state index in [-0.39, 0.29) is 0 Å². The molecule has 0 aliphatic rings. The summed E-state index contributed by atoms with van der Waals surface area (Å²) in [5.74, 6) is 0. The first-order valence-electron chi connectivity index (χ1n) is 6.32. The van der Waals surface area contributed by atoms with Crippen LogP contribution in [-0.4, -0.2) is 6.54 Å². The van der Waals surface area contributed by atoms with Gasteiger partial charge in [0.2, 0.25) is 0 Å². The third-order valence-corrected chi connectivity index (χ3v) is 4.95. The molecule has 1 atom stereocenters. The minimum absolute atomic E-state index is 0.313. The fourth-order valence-corrected chi connectivity index (χ4v) is 3.64. The molecule has 0 saturated heterocycles. The molecule has 102 valence electrons. The molecule has 0 bridgehead atoms. The molecule has 1 aromatic heterocycles. The average Bonchev–Trinajstić information content (AvgIpc) is 2.78. The molecule has 19 heavy (non-hydrogen) atoms. The number of halogens is 2. The Kier molecular flexibility index (Phi) is 5.46. The van der Waals surface area contributed by atoms with Crippen LogP contribution in [0.15, 0.2) is 33.4 Å². The smallest absolute Gasteiger partial charge is 0.0701 e. The highest BCUT2D eigenvalue weighted by molar-refractivity contribution is 9.11. The van der Waals surface area contributed by atoms with Crippen LogP contribution in [0, 0.1) is 6.92 Å². The van der Waals surface area contributed by atoms with E-state index in [1.165, 1.54) is 20.5 Å². The van der Waals surface area contributed by atoms with Crippen LogP contribution in [0.2, 0.25) is 5.02 Å². The molecule has 2 aromatic rings. The number of hydrogen-bond donors (Lipinski definition) is 1. The van der Waals surface area contributed by atoms with E-state index in [4.69, 9.17) is 11.6 Å². The van der Waals surface area contributed by atoms with E-state index >= 15 is 0 Å². The van der Waals surface area contributed by atoms with E-state index in [0.717, 1.165) is 18.0 Å². The summed E-state index contributed by atoms with van der Waals surface area (Å²) in [6.45, 7) is 5.14. The van der Waals surface area contributed by atoms with Gasteiger partial charge in [0.25, 0.3) is 0 Å². The predicted molar refractivity (Wildman–Crippen MR) is 88.3 cm³/mol. The van der Waals surface area contributed by atoms with Gasteiger partial charge in [-0.3, -0.25) is 0 Å². The zero-order valence-corrected chi connectivity index (χ0v) is 14.2. The molecule has 2 rings (SSSR count). The Morgan fingerprint density at radius 1 is 1.37 bits per heavy atom. The molecule has 0 spiro atoms. The minimum Gasteiger partial charge on any atom is -0.310 e. The molecule has 1 N–H and O–H groups in total. The lowest BCUT2D eigenvalue weighted by Gasteiger charge is -2.18. The lowest BCUT2D eigenvalue weighted by atomic mass is 10.00. The molecule has 1 heterocycles. The number of likely N-dealkylation sites (N-methyl/N-ethyl adjacent to an activating group) is 1. The summed E-state index contributed by atoms with van der Waals surface area (Å²) >= 11 is 11.6. The van der Waals surface area contributed by atoms with Gasteiger partial charge >= 0.3 is 0 Å². The quantitative estimate of drug-likeness (QED) is 0.758. The highest BCUT2D eigenvalue weighted by Crippen LogP contribution is 2.29. The second-order valence-electron chi connectivity index (χ2n) is 4.59. The largest absolute Gasteiger partial charge is 0.310 e. The maximum atomic E-state index is 6.33. The van der Waals surface area contributed by atoms with Gasteiger partial charge in [-0.15, -0.1) is 11.3 Å². The van der Waals surface area contributed by atoms with Crippen molar-refractivity contribution in [1.82, 2.24) is 5.32 Å². The van der Waals surface area contributed by atoms with Crippen LogP contribution in [0.25, 0.3) is 0 Å². The highest BCUT2D eigenvalue weighted by atomic mass is 79.9. The van der Waals surface area contributed by atoms with Crippen LogP contribution in [0.4, 0.5) is 0 Å². The molecule has 0 radical (unpaired) electrons. The summed E-state index contributed by atoms with van der Waals surface area (Å²) in [7, 11) is 0. The van der Waals surface area contributed by atoms with Crippen molar-refractivity contribution in [2.45, 2.75) is 26.3 Å². The third kappa shape index (κ3) is 4.06. The fourth-order valence-electron chi connectivity index (χ4n) is 2.10. The first-order valence-corrected chi connectivity index (χ1v) is 8.37. The monoisotopic (exact) mass is 357 g/mol. The van der Waals surface area contributed by atoms with Crippen molar-refractivity contribution in [3.8, 4) is 0 Å². The van der Waals surface area contributed by atoms with Crippen LogP contribution >= 0.6 is 38.9 Å². The molecule has 1 aromatic carbocycles. The topological polar surface area (TPSA) is 12.0 Å². The first-order chi connectivity index (χ1) is 9.10. The van der Waals surface area contributed by atoms with Gasteiger partial charge in [-0.25, -0.2) is 0 Å². The minimum atomic E-state index is 0.313. The fraction of sp³-hybridized carbons (Fsp3) is 0.333. The van der Waals surface area contributed by atoms with Crippen molar-refractivity contribution in [3.05, 3.63) is 55.1 Å². The van der Waals surface area contributed by atoms with Crippen molar-refractivity contribution in [3.63, 3.8) is 0 Å². The Balaban J connectivity index is 2.21. The number of hydrogen-bond acceptors (Lipinski definition) is 2. The third-order valence-electron chi connectivity index (χ3n) is 3.07. The summed E-state index contributed by atoms with van der Waals surface area (Å²) < 4.78 is 1.17. The van der Waals surface area contributed by atoms with Gasteiger partial charge in [0.15, 0.2) is 0 Å². The normalized spacial score (nSPS) is 12.6. The average molecular weight is 359 g/mol. The van der Waals surface area contributed by atoms with E-state index in [0.29, 0.717) is 6.04 Å². The maximum Gasteiger partial charge on any atom is 0.0701 e. The number of rotatable bonds is 5. The van der Waals surface area contributed by atoms with Crippen molar-refractivity contribution in [1.29, 1.82) is 0 Å². The maximum absolute atomic E-state index is 6.33. The molecule has 1 unspecified atom stereocenters. The van der Waals surface area contributed by atoms with Crippen LogP contribution in [0.5, 0.6) is 0 Å². The first kappa shape index (κ1) is 15.0. The Morgan fingerprint density at radius 2 is 2.16 bits per heavy atom. The molecule has 1 nitrogen and oxygen atoms in total. The Hall–Kier alpha value is -0.350. The lowest BCUT2D eigenvalue weighted by molar-refractivity contribution is 0.551. The van der Waals surface area contributed by atoms with E-state index in [1.807, 2.05) is 6.07 Å². The van der Waals surface area contributed by atoms with Crippen molar-refractivity contribution < 1.29 is 0 Å². The van der Waals surface area contributed by atoms with Gasteiger partial charge in [-0.2, -0.15) is 0 Å². The zero-order chi connectivity index (χ0) is 13.8. The molecule has 0 aliphatic heterocycles. The molecule has 4 heteroatoms. The number of benzene rings is 1. The van der Waals surface area contributed by atoms with Gasteiger partial charge in [-0.05, 0) is 70.0 Å². The SMILES string of the molecule is CCNC(Cc1ccc(C)cc1Cl)c1csc(Br)c1. The molecule has 0 aliphatic carbocycles. The van der Waals surface area contributed by atoms with Gasteiger partial charge in [0, 0.05) is 11.1 Å². The van der Waals surface area contributed by atoms with E-state index in [1.54, 1.807) is 11.3 Å². The predicted octanol–water partition coefficient (Wildman–Crippen LogP) is 5.37. The molecular weight excluding hydrogens is 342 g/mol. The summed E-state index contributed by atoms with van der Waals surface area (Å²) in [5, 5.41) is 6.58. The van der Waals surface area contributed by atoms with Crippen LogP contribution in [-0.2, 0) is 6.42 Å². The lowest BCUT2D eigenvalue weighted by Crippen LogP contribution is -2.22. The zero-order valence-electron chi connectivity index (χ0n) is 11.0. The summed E-state index contributed by atoms with van der Waals surface area (Å²) in [6, 6.07) is 8.77. The van der Waals surface area contributed by atoms with Crippen LogP contribution in [0.3, 0.4) is 0 Å². The van der Waals surface area contributed by atoms with Crippen LogP contribution in [0.1, 0.15) is 29.7 Å². The Labute approximate surface area is 132 Å². The van der Waals surface area contributed by atoms with Crippen molar-refractivity contribution >= 4 is 38.9 Å². The molecule has 0 saturated carbocycles. The Bertz CT molecular complexity index is 553. The van der Waals surface area contributed by atoms with Crippen molar-refractivity contribution in [2.24, 2.45) is 0 Å². The Morgan fingerprint density at radius 3 is 2.74 bits per heavy atom. The summed E-state index contributed by atoms with van der Waals surface area (Å²) in [5.41, 5.74) is 3.71. The number of aryl methyl sites for hydroxylation is 1. The van der Waals surface area contributed by atoms with E-state index in [9.17, 15) is 0 Å². The van der Waals surface area contributed by atoms with Crippen LogP contribution < -0.4 is 5.32 Å². The van der Waals surface area contributed by atoms with Gasteiger partial charge in [0.05, 0.1) is 3.79 Å². The molecular formula is C15H17BrClNS. The van der Waals surface area contributed by atoms with Gasteiger partial charge in [0.1, 0.15) is 0 Å². The molecule has 0 fully saturated rings. The number of thiophene rings is 1. The number of nitrogens with one attached hydrogen (secondary N) is 1. The standard InChI is InChI=1S/C15H17BrClNS/c1-3-18-14(12-8-15(16)19-9-12)7-11-5-4-10(2)6-13(11)17/h4-6,8-9,14,18H,3,7H2,1-2H3. The second kappa shape index (κ2) is 6.89. The molecule has 0 amide bonds.